The van der Waals surface area contributed by atoms with Gasteiger partial charge in [0, 0.05) is 28.9 Å². The first-order chi connectivity index (χ1) is 17.9. The van der Waals surface area contributed by atoms with E-state index in [9.17, 15) is 14.7 Å². The molecule has 0 radical (unpaired) electrons. The number of aliphatic hydroxyl groups is 2. The molecule has 0 amide bonds. The maximum Gasteiger partial charge on any atom is 0.183 e. The fourth-order valence-electron chi connectivity index (χ4n) is 4.18. The predicted molar refractivity (Wildman–Crippen MR) is 145 cm³/mol. The second-order valence-electron chi connectivity index (χ2n) is 8.93. The lowest BCUT2D eigenvalue weighted by Gasteiger charge is -2.10. The van der Waals surface area contributed by atoms with E-state index in [2.05, 4.69) is 42.4 Å². The Morgan fingerprint density at radius 1 is 0.892 bits per heavy atom. The van der Waals surface area contributed by atoms with Crippen LogP contribution in [-0.4, -0.2) is 38.4 Å². The quantitative estimate of drug-likeness (QED) is 0.150. The number of hydrogen-bond donors (Lipinski definition) is 2. The van der Waals surface area contributed by atoms with E-state index in [1.807, 2.05) is 24.3 Å². The van der Waals surface area contributed by atoms with Crippen LogP contribution in [0.25, 0.3) is 33.3 Å². The van der Waals surface area contributed by atoms with Crippen LogP contribution in [-0.2, 0) is 11.2 Å². The first kappa shape index (κ1) is 25.7. The topological polar surface area (TPSA) is 100 Å². The van der Waals surface area contributed by atoms with Crippen LogP contribution in [0.2, 0.25) is 0 Å². The zero-order chi connectivity index (χ0) is 26.4. The minimum atomic E-state index is -0.486. The number of carbonyl (C=O) groups is 2. The van der Waals surface area contributed by atoms with E-state index >= 15 is 0 Å². The van der Waals surface area contributed by atoms with Crippen molar-refractivity contribution in [3.05, 3.63) is 109 Å². The van der Waals surface area contributed by atoms with Crippen molar-refractivity contribution < 1.29 is 19.8 Å². The van der Waals surface area contributed by atoms with Gasteiger partial charge in [0.1, 0.15) is 6.61 Å². The molecule has 4 rings (SSSR count). The lowest BCUT2D eigenvalue weighted by atomic mass is 9.97. The number of carbonyl (C=O) groups excluding carboxylic acids is 2. The number of aliphatic hydroxyl groups excluding tert-OH is 2. The molecule has 0 bridgehead atoms. The minimum Gasteiger partial charge on any atom is -0.512 e. The van der Waals surface area contributed by atoms with Gasteiger partial charge in [-0.2, -0.15) is 0 Å². The van der Waals surface area contributed by atoms with Crippen LogP contribution < -0.4 is 0 Å². The first-order valence-corrected chi connectivity index (χ1v) is 12.0. The number of hydrogen-bond acceptors (Lipinski definition) is 6. The molecule has 0 spiro atoms. The Morgan fingerprint density at radius 2 is 1.54 bits per heavy atom. The molecule has 2 aromatic heterocycles. The second-order valence-corrected chi connectivity index (χ2v) is 8.93. The van der Waals surface area contributed by atoms with E-state index in [0.717, 1.165) is 29.5 Å². The van der Waals surface area contributed by atoms with Crippen LogP contribution in [0.5, 0.6) is 0 Å². The van der Waals surface area contributed by atoms with Crippen molar-refractivity contribution in [2.75, 3.05) is 6.61 Å². The van der Waals surface area contributed by atoms with E-state index in [4.69, 9.17) is 10.1 Å². The summed E-state index contributed by atoms with van der Waals surface area (Å²) in [6.07, 6.45) is 5.28. The number of aryl methyl sites for hydroxylation is 1. The average molecular weight is 493 g/mol. The summed E-state index contributed by atoms with van der Waals surface area (Å²) in [5.74, 6) is -0.721. The Kier molecular flexibility index (Phi) is 8.01. The van der Waals surface area contributed by atoms with Crippen molar-refractivity contribution in [2.24, 2.45) is 0 Å². The average Bonchev–Trinajstić information content (AvgIpc) is 2.92. The van der Waals surface area contributed by atoms with Crippen LogP contribution in [0.4, 0.5) is 0 Å². The van der Waals surface area contributed by atoms with Gasteiger partial charge in [-0.15, -0.1) is 0 Å². The molecule has 2 N–H and O–H groups in total. The SMILES string of the molecule is C=C(O)CC(=O)c1cc(-c2ccc(-c3ccc(CCCC(=C)C(=O)CO)cc3)cc2)nc2ccncc12. The largest absolute Gasteiger partial charge is 0.512 e. The third-order valence-electron chi connectivity index (χ3n) is 6.23. The van der Waals surface area contributed by atoms with Gasteiger partial charge in [-0.3, -0.25) is 14.6 Å². The molecule has 4 aromatic rings. The van der Waals surface area contributed by atoms with Crippen molar-refractivity contribution in [2.45, 2.75) is 25.7 Å². The third-order valence-corrected chi connectivity index (χ3v) is 6.23. The van der Waals surface area contributed by atoms with Crippen LogP contribution >= 0.6 is 0 Å². The first-order valence-electron chi connectivity index (χ1n) is 12.0. The highest BCUT2D eigenvalue weighted by atomic mass is 16.3. The van der Waals surface area contributed by atoms with Gasteiger partial charge in [-0.25, -0.2) is 4.98 Å². The van der Waals surface area contributed by atoms with E-state index in [1.165, 1.54) is 5.56 Å². The molecule has 6 heteroatoms. The van der Waals surface area contributed by atoms with Crippen molar-refractivity contribution >= 4 is 22.5 Å². The Bertz CT molecular complexity index is 1470. The summed E-state index contributed by atoms with van der Waals surface area (Å²) in [4.78, 5) is 33.0. The zero-order valence-electron chi connectivity index (χ0n) is 20.5. The number of allylic oxidation sites excluding steroid dienone is 1. The van der Waals surface area contributed by atoms with Gasteiger partial charge in [0.2, 0.25) is 0 Å². The van der Waals surface area contributed by atoms with E-state index in [0.29, 0.717) is 34.2 Å². The van der Waals surface area contributed by atoms with Gasteiger partial charge in [-0.05, 0) is 53.7 Å². The molecule has 0 unspecified atom stereocenters. The second kappa shape index (κ2) is 11.5. The molecule has 186 valence electrons. The minimum absolute atomic E-state index is 0.155. The molecule has 0 saturated heterocycles. The smallest absolute Gasteiger partial charge is 0.183 e. The lowest BCUT2D eigenvalue weighted by molar-refractivity contribution is -0.118. The van der Waals surface area contributed by atoms with Gasteiger partial charge in [-0.1, -0.05) is 61.7 Å². The number of fused-ring (bicyclic) bond motifs is 1. The highest BCUT2D eigenvalue weighted by molar-refractivity contribution is 6.08. The van der Waals surface area contributed by atoms with Crippen LogP contribution in [0, 0.1) is 0 Å². The van der Waals surface area contributed by atoms with Crippen molar-refractivity contribution in [3.8, 4) is 22.4 Å². The molecule has 37 heavy (non-hydrogen) atoms. The van der Waals surface area contributed by atoms with E-state index in [1.54, 1.807) is 24.5 Å². The summed E-state index contributed by atoms with van der Waals surface area (Å²) < 4.78 is 0. The molecule has 0 atom stereocenters. The maximum atomic E-state index is 12.8. The molecule has 0 saturated carbocycles. The third kappa shape index (κ3) is 6.23. The predicted octanol–water partition coefficient (Wildman–Crippen LogP) is 6.05. The summed E-state index contributed by atoms with van der Waals surface area (Å²) in [6.45, 7) is 6.68. The Morgan fingerprint density at radius 3 is 2.19 bits per heavy atom. The Balaban J connectivity index is 1.51. The number of Topliss-reactive ketones (excluding diaryl/α,β-unsaturated/α-hetero) is 2. The Hall–Kier alpha value is -4.42. The summed E-state index contributed by atoms with van der Waals surface area (Å²) in [5, 5.41) is 19.1. The van der Waals surface area contributed by atoms with Crippen LogP contribution in [0.1, 0.15) is 35.2 Å². The van der Waals surface area contributed by atoms with Crippen molar-refractivity contribution in [3.63, 3.8) is 0 Å². The number of benzene rings is 2. The fraction of sp³-hybridized carbons (Fsp3) is 0.161. The lowest BCUT2D eigenvalue weighted by Crippen LogP contribution is -2.06. The monoisotopic (exact) mass is 492 g/mol. The molecule has 0 aliphatic rings. The normalized spacial score (nSPS) is 10.8. The van der Waals surface area contributed by atoms with E-state index < -0.39 is 6.61 Å². The summed E-state index contributed by atoms with van der Waals surface area (Å²) >= 11 is 0. The molecular formula is C31H28N2O4. The number of ketones is 2. The van der Waals surface area contributed by atoms with Crippen molar-refractivity contribution in [1.82, 2.24) is 9.97 Å². The fourth-order valence-corrected chi connectivity index (χ4v) is 4.18. The van der Waals surface area contributed by atoms with Gasteiger partial charge < -0.3 is 10.2 Å². The maximum absolute atomic E-state index is 12.8. The molecule has 0 aliphatic carbocycles. The standard InChI is InChI=1S/C31H28N2O4/c1-20(31(37)19-34)4-3-5-22-6-8-23(9-7-22)24-10-12-25(13-11-24)29-17-26(30(36)16-21(2)35)27-18-32-15-14-28(27)33-29/h6-15,17-18,34-35H,1-5,16,19H2. The van der Waals surface area contributed by atoms with Gasteiger partial charge in [0.25, 0.3) is 0 Å². The van der Waals surface area contributed by atoms with E-state index in [-0.39, 0.29) is 23.7 Å². The molecule has 2 aromatic carbocycles. The van der Waals surface area contributed by atoms with Gasteiger partial charge in [0.05, 0.1) is 23.4 Å². The summed E-state index contributed by atoms with van der Waals surface area (Å²) in [5.41, 5.74) is 6.40. The number of pyridine rings is 2. The molecule has 2 heterocycles. The zero-order valence-corrected chi connectivity index (χ0v) is 20.5. The van der Waals surface area contributed by atoms with Crippen molar-refractivity contribution in [1.29, 1.82) is 0 Å². The summed E-state index contributed by atoms with van der Waals surface area (Å²) in [7, 11) is 0. The number of nitrogens with zero attached hydrogens (tertiary/aromatic N) is 2. The molecule has 0 fully saturated rings. The highest BCUT2D eigenvalue weighted by Gasteiger charge is 2.15. The Labute approximate surface area is 215 Å². The molecule has 6 nitrogen and oxygen atoms in total. The number of aromatic nitrogens is 2. The highest BCUT2D eigenvalue weighted by Crippen LogP contribution is 2.28. The van der Waals surface area contributed by atoms with Crippen LogP contribution in [0.3, 0.4) is 0 Å². The summed E-state index contributed by atoms with van der Waals surface area (Å²) in [6, 6.07) is 19.8. The molecule has 0 aliphatic heterocycles. The van der Waals surface area contributed by atoms with Gasteiger partial charge >= 0.3 is 0 Å². The molecular weight excluding hydrogens is 464 g/mol. The van der Waals surface area contributed by atoms with Gasteiger partial charge in [0.15, 0.2) is 11.6 Å². The number of rotatable bonds is 11. The van der Waals surface area contributed by atoms with Crippen LogP contribution in [0.15, 0.2) is 97.5 Å².